The van der Waals surface area contributed by atoms with Crippen molar-refractivity contribution in [2.45, 2.75) is 50.6 Å². The lowest BCUT2D eigenvalue weighted by atomic mass is 9.79. The van der Waals surface area contributed by atoms with E-state index in [0.29, 0.717) is 5.54 Å². The number of nitrogens with one attached hydrogen (secondary N) is 2. The first-order valence-electron chi connectivity index (χ1n) is 6.61. The van der Waals surface area contributed by atoms with Gasteiger partial charge in [0.2, 0.25) is 0 Å². The third kappa shape index (κ3) is 3.76. The minimum atomic E-state index is 0.396. The van der Waals surface area contributed by atoms with E-state index in [1.807, 2.05) is 5.51 Å². The lowest BCUT2D eigenvalue weighted by molar-refractivity contribution is 0.228. The summed E-state index contributed by atoms with van der Waals surface area (Å²) in [6.45, 7) is 1.99. The molecule has 0 aliphatic heterocycles. The van der Waals surface area contributed by atoms with Crippen LogP contribution in [0.4, 0.5) is 0 Å². The lowest BCUT2D eigenvalue weighted by Crippen LogP contribution is -2.46. The number of hydrogen-bond donors (Lipinski definition) is 2. The quantitative estimate of drug-likeness (QED) is 0.765. The first-order valence-corrected chi connectivity index (χ1v) is 7.56. The fourth-order valence-corrected chi connectivity index (χ4v) is 3.28. The Morgan fingerprint density at radius 3 is 2.82 bits per heavy atom. The van der Waals surface area contributed by atoms with Crippen LogP contribution in [0.1, 0.15) is 44.2 Å². The summed E-state index contributed by atoms with van der Waals surface area (Å²) in [5.74, 6) is 0. The van der Waals surface area contributed by atoms with Gasteiger partial charge >= 0.3 is 0 Å². The molecule has 3 nitrogen and oxygen atoms in total. The van der Waals surface area contributed by atoms with E-state index >= 15 is 0 Å². The summed E-state index contributed by atoms with van der Waals surface area (Å²) in [4.78, 5) is 4.28. The van der Waals surface area contributed by atoms with Gasteiger partial charge in [0.25, 0.3) is 0 Å². The zero-order valence-corrected chi connectivity index (χ0v) is 11.5. The van der Waals surface area contributed by atoms with Crippen molar-refractivity contribution < 1.29 is 0 Å². The largest absolute Gasteiger partial charge is 0.314 e. The monoisotopic (exact) mass is 253 g/mol. The molecule has 0 radical (unpaired) electrons. The van der Waals surface area contributed by atoms with Crippen molar-refractivity contribution in [3.63, 3.8) is 0 Å². The van der Waals surface area contributed by atoms with Crippen molar-refractivity contribution >= 4 is 11.3 Å². The number of hydrogen-bond acceptors (Lipinski definition) is 4. The van der Waals surface area contributed by atoms with E-state index in [4.69, 9.17) is 0 Å². The van der Waals surface area contributed by atoms with Crippen molar-refractivity contribution in [1.29, 1.82) is 0 Å². The lowest BCUT2D eigenvalue weighted by Gasteiger charge is -2.37. The van der Waals surface area contributed by atoms with E-state index < -0.39 is 0 Å². The molecule has 1 saturated carbocycles. The first-order chi connectivity index (χ1) is 8.35. The summed E-state index contributed by atoms with van der Waals surface area (Å²) in [6.07, 6.45) is 8.08. The SMILES string of the molecule is CNC1(CCNCc2cscn2)CCCCC1. The van der Waals surface area contributed by atoms with Gasteiger partial charge in [-0.05, 0) is 32.9 Å². The molecule has 0 atom stereocenters. The molecule has 1 aliphatic rings. The minimum Gasteiger partial charge on any atom is -0.314 e. The van der Waals surface area contributed by atoms with Crippen LogP contribution in [0.3, 0.4) is 0 Å². The minimum absolute atomic E-state index is 0.396. The van der Waals surface area contributed by atoms with E-state index in [9.17, 15) is 0 Å². The topological polar surface area (TPSA) is 37.0 Å². The van der Waals surface area contributed by atoms with Crippen molar-refractivity contribution in [2.75, 3.05) is 13.6 Å². The van der Waals surface area contributed by atoms with Gasteiger partial charge < -0.3 is 10.6 Å². The van der Waals surface area contributed by atoms with Crippen LogP contribution in [0.5, 0.6) is 0 Å². The highest BCUT2D eigenvalue weighted by molar-refractivity contribution is 7.07. The number of nitrogens with zero attached hydrogens (tertiary/aromatic N) is 1. The molecule has 1 aromatic rings. The normalized spacial score (nSPS) is 19.4. The van der Waals surface area contributed by atoms with Crippen LogP contribution in [-0.4, -0.2) is 24.1 Å². The zero-order valence-electron chi connectivity index (χ0n) is 10.7. The zero-order chi connectivity index (χ0) is 12.0. The molecule has 2 rings (SSSR count). The van der Waals surface area contributed by atoms with Crippen LogP contribution in [0.15, 0.2) is 10.9 Å². The standard InChI is InChI=1S/C13H23N3S/c1-14-13(5-3-2-4-6-13)7-8-15-9-12-10-17-11-16-12/h10-11,14-15H,2-9H2,1H3. The van der Waals surface area contributed by atoms with E-state index in [1.165, 1.54) is 38.5 Å². The molecule has 0 spiro atoms. The fraction of sp³-hybridized carbons (Fsp3) is 0.769. The maximum atomic E-state index is 4.28. The number of aromatic nitrogens is 1. The van der Waals surface area contributed by atoms with Gasteiger partial charge in [-0.1, -0.05) is 19.3 Å². The Labute approximate surface area is 108 Å². The average Bonchev–Trinajstić information content (AvgIpc) is 2.89. The summed E-state index contributed by atoms with van der Waals surface area (Å²) in [7, 11) is 2.12. The Bertz CT molecular complexity index is 304. The molecular weight excluding hydrogens is 230 g/mol. The smallest absolute Gasteiger partial charge is 0.0795 e. The third-order valence-electron chi connectivity index (χ3n) is 3.91. The van der Waals surface area contributed by atoms with Crippen LogP contribution < -0.4 is 10.6 Å². The molecule has 0 saturated heterocycles. The molecule has 1 aromatic heterocycles. The van der Waals surface area contributed by atoms with E-state index in [-0.39, 0.29) is 0 Å². The van der Waals surface area contributed by atoms with Crippen molar-refractivity contribution in [1.82, 2.24) is 15.6 Å². The van der Waals surface area contributed by atoms with Crippen molar-refractivity contribution in [2.24, 2.45) is 0 Å². The maximum absolute atomic E-state index is 4.28. The summed E-state index contributed by atoms with van der Waals surface area (Å²) in [6, 6.07) is 0. The Balaban J connectivity index is 1.69. The Morgan fingerprint density at radius 1 is 1.35 bits per heavy atom. The molecule has 0 bridgehead atoms. The highest BCUT2D eigenvalue weighted by Crippen LogP contribution is 2.30. The maximum Gasteiger partial charge on any atom is 0.0795 e. The van der Waals surface area contributed by atoms with Gasteiger partial charge in [-0.25, -0.2) is 4.98 Å². The van der Waals surface area contributed by atoms with Gasteiger partial charge in [-0.15, -0.1) is 11.3 Å². The summed E-state index contributed by atoms with van der Waals surface area (Å²) >= 11 is 1.67. The van der Waals surface area contributed by atoms with Gasteiger partial charge in [0, 0.05) is 17.5 Å². The Kier molecular flexibility index (Phi) is 4.95. The van der Waals surface area contributed by atoms with Gasteiger partial charge in [-0.2, -0.15) is 0 Å². The van der Waals surface area contributed by atoms with E-state index in [0.717, 1.165) is 18.8 Å². The fourth-order valence-electron chi connectivity index (χ4n) is 2.72. The van der Waals surface area contributed by atoms with Crippen molar-refractivity contribution in [3.8, 4) is 0 Å². The van der Waals surface area contributed by atoms with Gasteiger partial charge in [0.15, 0.2) is 0 Å². The number of rotatable bonds is 6. The van der Waals surface area contributed by atoms with Crippen LogP contribution in [-0.2, 0) is 6.54 Å². The van der Waals surface area contributed by atoms with Crippen LogP contribution in [0.2, 0.25) is 0 Å². The predicted octanol–water partition coefficient (Wildman–Crippen LogP) is 2.55. The molecule has 17 heavy (non-hydrogen) atoms. The molecule has 1 aliphatic carbocycles. The second-order valence-electron chi connectivity index (χ2n) is 5.00. The summed E-state index contributed by atoms with van der Waals surface area (Å²) in [5.41, 5.74) is 3.46. The average molecular weight is 253 g/mol. The Hall–Kier alpha value is -0.450. The van der Waals surface area contributed by atoms with E-state index in [1.54, 1.807) is 11.3 Å². The summed E-state index contributed by atoms with van der Waals surface area (Å²) in [5, 5.41) is 9.17. The van der Waals surface area contributed by atoms with Crippen LogP contribution in [0, 0.1) is 0 Å². The third-order valence-corrected chi connectivity index (χ3v) is 4.55. The van der Waals surface area contributed by atoms with Crippen molar-refractivity contribution in [3.05, 3.63) is 16.6 Å². The highest BCUT2D eigenvalue weighted by atomic mass is 32.1. The highest BCUT2D eigenvalue weighted by Gasteiger charge is 2.29. The van der Waals surface area contributed by atoms with Crippen LogP contribution in [0.25, 0.3) is 0 Å². The van der Waals surface area contributed by atoms with Gasteiger partial charge in [-0.3, -0.25) is 0 Å². The predicted molar refractivity (Wildman–Crippen MR) is 73.3 cm³/mol. The summed E-state index contributed by atoms with van der Waals surface area (Å²) < 4.78 is 0. The van der Waals surface area contributed by atoms with Gasteiger partial charge in [0.1, 0.15) is 0 Å². The van der Waals surface area contributed by atoms with Crippen LogP contribution >= 0.6 is 11.3 Å². The molecule has 0 unspecified atom stereocenters. The molecule has 2 N–H and O–H groups in total. The second kappa shape index (κ2) is 6.47. The molecule has 0 amide bonds. The van der Waals surface area contributed by atoms with E-state index in [2.05, 4.69) is 28.0 Å². The molecule has 96 valence electrons. The number of thiazole rings is 1. The molecular formula is C13H23N3S. The second-order valence-corrected chi connectivity index (χ2v) is 5.72. The Morgan fingerprint density at radius 2 is 2.18 bits per heavy atom. The van der Waals surface area contributed by atoms with Gasteiger partial charge in [0.05, 0.1) is 11.2 Å². The molecule has 1 heterocycles. The molecule has 1 fully saturated rings. The molecule has 4 heteroatoms. The molecule has 0 aromatic carbocycles. The first kappa shape index (κ1) is 13.0.